The number of aliphatic hydroxyl groups is 1. The van der Waals surface area contributed by atoms with E-state index in [9.17, 15) is 15.0 Å². The number of carboxylic acids is 1. The molecule has 0 aliphatic rings. The highest BCUT2D eigenvalue weighted by Gasteiger charge is 2.12. The molecule has 0 spiro atoms. The Hall–Kier alpha value is -2.86. The number of nitrogens with one attached hydrogen (secondary N) is 2. The number of benzene rings is 3. The molecular formula is C24H25ClN2O3. The minimum Gasteiger partial charge on any atom is -0.478 e. The van der Waals surface area contributed by atoms with Crippen LogP contribution in [0.5, 0.6) is 0 Å². The smallest absolute Gasteiger partial charge is 0.336 e. The molecule has 0 aromatic heterocycles. The van der Waals surface area contributed by atoms with Crippen LogP contribution < -0.4 is 10.6 Å². The van der Waals surface area contributed by atoms with Gasteiger partial charge in [0.25, 0.3) is 0 Å². The lowest BCUT2D eigenvalue weighted by Crippen LogP contribution is -2.35. The molecule has 0 heterocycles. The fourth-order valence-electron chi connectivity index (χ4n) is 3.21. The average Bonchev–Trinajstić information content (AvgIpc) is 2.76. The molecule has 0 radical (unpaired) electrons. The van der Waals surface area contributed by atoms with Gasteiger partial charge in [-0.1, -0.05) is 54.1 Å². The van der Waals surface area contributed by atoms with E-state index in [-0.39, 0.29) is 11.6 Å². The first-order valence-electron chi connectivity index (χ1n) is 9.77. The average molecular weight is 425 g/mol. The number of rotatable bonds is 9. The van der Waals surface area contributed by atoms with E-state index in [4.69, 9.17) is 11.6 Å². The molecule has 4 N–H and O–H groups in total. The number of carbonyl (C=O) groups is 1. The molecule has 0 aliphatic heterocycles. The maximum atomic E-state index is 11.5. The molecule has 0 saturated carbocycles. The van der Waals surface area contributed by atoms with E-state index in [1.165, 1.54) is 0 Å². The van der Waals surface area contributed by atoms with E-state index in [0.29, 0.717) is 23.7 Å². The Labute approximate surface area is 181 Å². The van der Waals surface area contributed by atoms with Crippen LogP contribution in [-0.4, -0.2) is 35.3 Å². The second kappa shape index (κ2) is 10.3. The summed E-state index contributed by atoms with van der Waals surface area (Å²) in [6.07, 6.45) is -0.637. The normalized spacial score (nSPS) is 12.9. The third-order valence-corrected chi connectivity index (χ3v) is 5.07. The predicted octanol–water partition coefficient (Wildman–Crippen LogP) is 4.83. The molecule has 0 unspecified atom stereocenters. The van der Waals surface area contributed by atoms with Gasteiger partial charge in [0.1, 0.15) is 0 Å². The van der Waals surface area contributed by atoms with Gasteiger partial charge in [0, 0.05) is 29.8 Å². The van der Waals surface area contributed by atoms with Gasteiger partial charge in [0.2, 0.25) is 0 Å². The molecule has 2 atom stereocenters. The minimum absolute atomic E-state index is 0.105. The van der Waals surface area contributed by atoms with Crippen LogP contribution in [0.2, 0.25) is 5.02 Å². The first-order valence-corrected chi connectivity index (χ1v) is 10.2. The molecule has 0 fully saturated rings. The number of carboxylic acid groups (broad SMARTS) is 1. The highest BCUT2D eigenvalue weighted by atomic mass is 35.5. The van der Waals surface area contributed by atoms with Crippen LogP contribution in [0, 0.1) is 0 Å². The molecule has 0 amide bonds. The van der Waals surface area contributed by atoms with Crippen molar-refractivity contribution in [2.75, 3.05) is 18.4 Å². The van der Waals surface area contributed by atoms with E-state index in [1.807, 2.05) is 55.5 Å². The number of hydrogen-bond donors (Lipinski definition) is 4. The number of hydrogen-bond acceptors (Lipinski definition) is 4. The van der Waals surface area contributed by atoms with Gasteiger partial charge in [0.05, 0.1) is 11.7 Å². The van der Waals surface area contributed by atoms with Crippen LogP contribution in [-0.2, 0) is 0 Å². The predicted molar refractivity (Wildman–Crippen MR) is 121 cm³/mol. The van der Waals surface area contributed by atoms with Crippen LogP contribution in [0.25, 0.3) is 11.1 Å². The van der Waals surface area contributed by atoms with Crippen molar-refractivity contribution >= 4 is 23.3 Å². The molecule has 3 rings (SSSR count). The van der Waals surface area contributed by atoms with Crippen LogP contribution in [0.4, 0.5) is 5.69 Å². The zero-order valence-corrected chi connectivity index (χ0v) is 17.4. The van der Waals surface area contributed by atoms with Crippen LogP contribution in [0.15, 0.2) is 72.8 Å². The van der Waals surface area contributed by atoms with Gasteiger partial charge in [-0.3, -0.25) is 0 Å². The topological polar surface area (TPSA) is 81.6 Å². The molecule has 0 bridgehead atoms. The van der Waals surface area contributed by atoms with E-state index in [1.54, 1.807) is 24.3 Å². The summed E-state index contributed by atoms with van der Waals surface area (Å²) in [5.41, 5.74) is 3.48. The maximum Gasteiger partial charge on any atom is 0.336 e. The van der Waals surface area contributed by atoms with Crippen molar-refractivity contribution in [2.45, 2.75) is 19.1 Å². The molecule has 6 heteroatoms. The Morgan fingerprint density at radius 3 is 2.53 bits per heavy atom. The van der Waals surface area contributed by atoms with Crippen molar-refractivity contribution in [2.24, 2.45) is 0 Å². The van der Waals surface area contributed by atoms with Crippen LogP contribution >= 0.6 is 11.6 Å². The van der Waals surface area contributed by atoms with E-state index in [0.717, 1.165) is 16.8 Å². The molecule has 0 aliphatic carbocycles. The number of aromatic carboxylic acids is 1. The Balaban J connectivity index is 1.57. The van der Waals surface area contributed by atoms with Gasteiger partial charge in [-0.2, -0.15) is 0 Å². The lowest BCUT2D eigenvalue weighted by molar-refractivity contribution is 0.0697. The third-order valence-electron chi connectivity index (χ3n) is 4.84. The number of halogens is 1. The van der Waals surface area contributed by atoms with E-state index >= 15 is 0 Å². The Bertz CT molecular complexity index is 1010. The largest absolute Gasteiger partial charge is 0.478 e. The number of anilines is 1. The summed E-state index contributed by atoms with van der Waals surface area (Å²) in [7, 11) is 0. The maximum absolute atomic E-state index is 11.5. The van der Waals surface area contributed by atoms with Gasteiger partial charge in [-0.25, -0.2) is 4.79 Å². The minimum atomic E-state index is -0.944. The van der Waals surface area contributed by atoms with Crippen molar-refractivity contribution in [3.05, 3.63) is 88.9 Å². The van der Waals surface area contributed by atoms with Crippen molar-refractivity contribution in [1.82, 2.24) is 5.32 Å². The van der Waals surface area contributed by atoms with E-state index < -0.39 is 12.1 Å². The summed E-state index contributed by atoms with van der Waals surface area (Å²) in [5.74, 6) is -0.944. The zero-order chi connectivity index (χ0) is 21.5. The van der Waals surface area contributed by atoms with Gasteiger partial charge >= 0.3 is 5.97 Å². The van der Waals surface area contributed by atoms with Gasteiger partial charge in [-0.05, 0) is 53.9 Å². The van der Waals surface area contributed by atoms with Gasteiger partial charge in [-0.15, -0.1) is 0 Å². The van der Waals surface area contributed by atoms with Gasteiger partial charge < -0.3 is 20.8 Å². The second-order valence-corrected chi connectivity index (χ2v) is 7.63. The first kappa shape index (κ1) is 21.8. The van der Waals surface area contributed by atoms with Crippen LogP contribution in [0.1, 0.15) is 28.9 Å². The van der Waals surface area contributed by atoms with Crippen molar-refractivity contribution in [1.29, 1.82) is 0 Å². The summed E-state index contributed by atoms with van der Waals surface area (Å²) in [6, 6.07) is 22.0. The molecule has 3 aromatic carbocycles. The molecule has 30 heavy (non-hydrogen) atoms. The molecular weight excluding hydrogens is 400 g/mol. The fraction of sp³-hybridized carbons (Fsp3) is 0.208. The van der Waals surface area contributed by atoms with Crippen molar-refractivity contribution in [3.8, 4) is 11.1 Å². The Morgan fingerprint density at radius 2 is 1.77 bits per heavy atom. The Morgan fingerprint density at radius 1 is 1.00 bits per heavy atom. The quantitative estimate of drug-likeness (QED) is 0.395. The zero-order valence-electron chi connectivity index (χ0n) is 16.7. The van der Waals surface area contributed by atoms with Gasteiger partial charge in [0.15, 0.2) is 0 Å². The Kier molecular flexibility index (Phi) is 7.46. The SMILES string of the molecule is C[C@H](CNc1cccc(-c2ccccc2C(=O)O)c1)NC[C@H](O)c1cccc(Cl)c1. The summed E-state index contributed by atoms with van der Waals surface area (Å²) in [4.78, 5) is 11.5. The molecule has 156 valence electrons. The van der Waals surface area contributed by atoms with Crippen LogP contribution in [0.3, 0.4) is 0 Å². The highest BCUT2D eigenvalue weighted by Crippen LogP contribution is 2.26. The summed E-state index contributed by atoms with van der Waals surface area (Å²) in [5, 5.41) is 27.0. The standard InChI is InChI=1S/C24H25ClN2O3/c1-16(26-15-23(28)18-7-4-8-19(25)12-18)14-27-20-9-5-6-17(13-20)21-10-2-3-11-22(21)24(29)30/h2-13,16,23,26-28H,14-15H2,1H3,(H,29,30)/t16-,23+/m1/s1. The lowest BCUT2D eigenvalue weighted by Gasteiger charge is -2.19. The summed E-state index contributed by atoms with van der Waals surface area (Å²) < 4.78 is 0. The van der Waals surface area contributed by atoms with Crippen molar-refractivity contribution < 1.29 is 15.0 Å². The number of aliphatic hydroxyl groups excluding tert-OH is 1. The monoisotopic (exact) mass is 424 g/mol. The highest BCUT2D eigenvalue weighted by molar-refractivity contribution is 6.30. The van der Waals surface area contributed by atoms with Crippen molar-refractivity contribution in [3.63, 3.8) is 0 Å². The molecule has 3 aromatic rings. The second-order valence-electron chi connectivity index (χ2n) is 7.19. The third kappa shape index (κ3) is 5.83. The lowest BCUT2D eigenvalue weighted by atomic mass is 9.99. The summed E-state index contributed by atoms with van der Waals surface area (Å²) >= 11 is 5.98. The summed E-state index contributed by atoms with van der Waals surface area (Å²) in [6.45, 7) is 3.09. The molecule has 0 saturated heterocycles. The van der Waals surface area contributed by atoms with E-state index in [2.05, 4.69) is 10.6 Å². The fourth-order valence-corrected chi connectivity index (χ4v) is 3.40. The molecule has 5 nitrogen and oxygen atoms in total. The first-order chi connectivity index (χ1) is 14.4.